The molecule has 0 bridgehead atoms. The topological polar surface area (TPSA) is 79.6 Å². The predicted octanol–water partition coefficient (Wildman–Crippen LogP) is 1.59. The van der Waals surface area contributed by atoms with E-state index in [9.17, 15) is 0 Å². The summed E-state index contributed by atoms with van der Waals surface area (Å²) in [5, 5.41) is 14.5. The Hall–Kier alpha value is -0.940. The molecule has 0 amide bonds. The average molecular weight is 493 g/mol. The number of hydrogen-bond donors (Lipinski definition) is 2. The Morgan fingerprint density at radius 1 is 1.15 bits per heavy atom. The van der Waals surface area contributed by atoms with Crippen LogP contribution in [0.15, 0.2) is 17.6 Å². The normalized spacial score (nSPS) is 16.8. The fourth-order valence-corrected chi connectivity index (χ4v) is 3.15. The Balaban J connectivity index is 0.00000364. The molecule has 1 saturated heterocycles. The number of ether oxygens (including phenoxy) is 1. The molecule has 1 aliphatic rings. The minimum atomic E-state index is 0. The van der Waals surface area contributed by atoms with Crippen LogP contribution in [-0.2, 0) is 11.3 Å². The van der Waals surface area contributed by atoms with Crippen molar-refractivity contribution >= 4 is 29.9 Å². The van der Waals surface area contributed by atoms with E-state index >= 15 is 0 Å². The highest BCUT2D eigenvalue weighted by Gasteiger charge is 2.23. The Morgan fingerprint density at radius 3 is 2.48 bits per heavy atom. The maximum Gasteiger partial charge on any atom is 0.191 e. The number of morpholine rings is 1. The zero-order valence-electron chi connectivity index (χ0n) is 16.9. The van der Waals surface area contributed by atoms with Crippen molar-refractivity contribution < 1.29 is 4.74 Å². The number of halogens is 1. The molecule has 0 aliphatic carbocycles. The number of nitrogens with zero attached hydrogens (tertiary/aromatic N) is 5. The number of rotatable bonds is 10. The van der Waals surface area contributed by atoms with Crippen LogP contribution in [0.1, 0.15) is 33.6 Å². The molecule has 2 heterocycles. The van der Waals surface area contributed by atoms with E-state index in [0.29, 0.717) is 12.0 Å². The van der Waals surface area contributed by atoms with Gasteiger partial charge in [-0.25, -0.2) is 0 Å². The van der Waals surface area contributed by atoms with E-state index in [0.717, 1.165) is 71.3 Å². The Bertz CT molecular complexity index is 504. The first kappa shape index (κ1) is 24.1. The van der Waals surface area contributed by atoms with Crippen LogP contribution in [-0.4, -0.2) is 77.6 Å². The molecule has 0 radical (unpaired) electrons. The van der Waals surface area contributed by atoms with Crippen molar-refractivity contribution in [3.8, 4) is 0 Å². The molecule has 1 aliphatic heterocycles. The summed E-state index contributed by atoms with van der Waals surface area (Å²) in [5.41, 5.74) is 0. The second-order valence-electron chi connectivity index (χ2n) is 7.01. The fraction of sp³-hybridized carbons (Fsp3) is 0.833. The van der Waals surface area contributed by atoms with Crippen molar-refractivity contribution in [3.05, 3.63) is 12.7 Å². The summed E-state index contributed by atoms with van der Waals surface area (Å²) in [4.78, 5) is 7.36. The van der Waals surface area contributed by atoms with Crippen LogP contribution in [0.3, 0.4) is 0 Å². The van der Waals surface area contributed by atoms with Crippen LogP contribution < -0.4 is 10.6 Å². The number of aliphatic imine (C=N–C) groups is 1. The lowest BCUT2D eigenvalue weighted by Gasteiger charge is -2.36. The van der Waals surface area contributed by atoms with Gasteiger partial charge in [-0.05, 0) is 25.7 Å². The highest BCUT2D eigenvalue weighted by molar-refractivity contribution is 14.0. The highest BCUT2D eigenvalue weighted by atomic mass is 127. The molecule has 1 aromatic heterocycles. The third-order valence-corrected chi connectivity index (χ3v) is 4.67. The molecule has 156 valence electrons. The monoisotopic (exact) mass is 493 g/mol. The van der Waals surface area contributed by atoms with Crippen LogP contribution in [0.25, 0.3) is 0 Å². The van der Waals surface area contributed by atoms with E-state index in [1.165, 1.54) is 0 Å². The number of unbranched alkanes of at least 4 members (excludes halogenated alkanes) is 1. The van der Waals surface area contributed by atoms with Crippen molar-refractivity contribution in [2.75, 3.05) is 45.9 Å². The Morgan fingerprint density at radius 2 is 1.85 bits per heavy atom. The molecular formula is C18H36IN7O. The van der Waals surface area contributed by atoms with E-state index in [2.05, 4.69) is 46.5 Å². The van der Waals surface area contributed by atoms with Crippen LogP contribution in [0, 0.1) is 5.92 Å². The summed E-state index contributed by atoms with van der Waals surface area (Å²) in [7, 11) is 0. The van der Waals surface area contributed by atoms with Crippen molar-refractivity contribution in [1.82, 2.24) is 30.3 Å². The third kappa shape index (κ3) is 9.20. The minimum absolute atomic E-state index is 0. The van der Waals surface area contributed by atoms with Gasteiger partial charge in [-0.15, -0.1) is 34.2 Å². The van der Waals surface area contributed by atoms with E-state index in [1.54, 1.807) is 12.7 Å². The molecule has 8 nitrogen and oxygen atoms in total. The first-order chi connectivity index (χ1) is 12.7. The molecule has 0 saturated carbocycles. The van der Waals surface area contributed by atoms with Crippen molar-refractivity contribution in [3.63, 3.8) is 0 Å². The van der Waals surface area contributed by atoms with Crippen LogP contribution in [0.5, 0.6) is 0 Å². The van der Waals surface area contributed by atoms with Gasteiger partial charge in [0.05, 0.1) is 19.8 Å². The molecule has 1 fully saturated rings. The summed E-state index contributed by atoms with van der Waals surface area (Å²) in [6, 6.07) is 0.461. The number of hydrogen-bond acceptors (Lipinski definition) is 5. The van der Waals surface area contributed by atoms with Gasteiger partial charge in [-0.2, -0.15) is 0 Å². The van der Waals surface area contributed by atoms with Crippen molar-refractivity contribution in [2.24, 2.45) is 10.9 Å². The first-order valence-corrected chi connectivity index (χ1v) is 9.87. The van der Waals surface area contributed by atoms with E-state index in [-0.39, 0.29) is 24.0 Å². The predicted molar refractivity (Wildman–Crippen MR) is 120 cm³/mol. The van der Waals surface area contributed by atoms with Gasteiger partial charge in [0.1, 0.15) is 12.7 Å². The Labute approximate surface area is 180 Å². The summed E-state index contributed by atoms with van der Waals surface area (Å²) in [5.74, 6) is 1.49. The van der Waals surface area contributed by atoms with Gasteiger partial charge in [-0.3, -0.25) is 9.89 Å². The third-order valence-electron chi connectivity index (χ3n) is 4.67. The molecule has 0 aromatic carbocycles. The molecule has 27 heavy (non-hydrogen) atoms. The largest absolute Gasteiger partial charge is 0.379 e. The quantitative estimate of drug-likeness (QED) is 0.223. The molecule has 2 rings (SSSR count). The van der Waals surface area contributed by atoms with Crippen LogP contribution in [0.2, 0.25) is 0 Å². The lowest BCUT2D eigenvalue weighted by Crippen LogP contribution is -2.48. The number of nitrogens with one attached hydrogen (secondary N) is 2. The average Bonchev–Trinajstić information content (AvgIpc) is 3.15. The van der Waals surface area contributed by atoms with E-state index in [1.807, 2.05) is 4.57 Å². The smallest absolute Gasteiger partial charge is 0.191 e. The molecule has 2 N–H and O–H groups in total. The summed E-state index contributed by atoms with van der Waals surface area (Å²) in [6.45, 7) is 13.9. The minimum Gasteiger partial charge on any atom is -0.379 e. The standard InChI is InChI=1S/C18H35N7O.HI/c1-4-19-18(20-7-5-6-8-24-14-22-23-15-24)21-13-17(16(2)3)25-9-11-26-12-10-25;/h14-17H,4-13H2,1-3H3,(H2,19,20,21);1H. The molecule has 9 heteroatoms. The van der Waals surface area contributed by atoms with Crippen LogP contribution >= 0.6 is 24.0 Å². The second-order valence-corrected chi connectivity index (χ2v) is 7.01. The fourth-order valence-electron chi connectivity index (χ4n) is 3.15. The van der Waals surface area contributed by atoms with Gasteiger partial charge in [-0.1, -0.05) is 13.8 Å². The van der Waals surface area contributed by atoms with Gasteiger partial charge < -0.3 is 19.9 Å². The lowest BCUT2D eigenvalue weighted by atomic mass is 10.0. The molecule has 1 unspecified atom stereocenters. The first-order valence-electron chi connectivity index (χ1n) is 9.87. The van der Waals surface area contributed by atoms with Gasteiger partial charge >= 0.3 is 0 Å². The number of guanidine groups is 1. The summed E-state index contributed by atoms with van der Waals surface area (Å²) < 4.78 is 7.49. The maximum absolute atomic E-state index is 5.48. The van der Waals surface area contributed by atoms with Gasteiger partial charge in [0.2, 0.25) is 0 Å². The molecule has 1 atom stereocenters. The lowest BCUT2D eigenvalue weighted by molar-refractivity contribution is 0.00867. The van der Waals surface area contributed by atoms with Gasteiger partial charge in [0.25, 0.3) is 0 Å². The SMILES string of the molecule is CCNC(=NCC(C(C)C)N1CCOCC1)NCCCCn1cnnc1.I. The highest BCUT2D eigenvalue weighted by Crippen LogP contribution is 2.13. The maximum atomic E-state index is 5.48. The van der Waals surface area contributed by atoms with E-state index < -0.39 is 0 Å². The molecule has 0 spiro atoms. The Kier molecular flexibility index (Phi) is 12.6. The van der Waals surface area contributed by atoms with Crippen molar-refractivity contribution in [1.29, 1.82) is 0 Å². The summed E-state index contributed by atoms with van der Waals surface area (Å²) in [6.07, 6.45) is 5.69. The van der Waals surface area contributed by atoms with Gasteiger partial charge in [0, 0.05) is 38.8 Å². The molecular weight excluding hydrogens is 457 g/mol. The number of aromatic nitrogens is 3. The second kappa shape index (κ2) is 14.1. The summed E-state index contributed by atoms with van der Waals surface area (Å²) >= 11 is 0. The van der Waals surface area contributed by atoms with Gasteiger partial charge in [0.15, 0.2) is 5.96 Å². The number of aryl methyl sites for hydroxylation is 1. The zero-order chi connectivity index (χ0) is 18.6. The molecule has 1 aromatic rings. The van der Waals surface area contributed by atoms with Crippen LogP contribution in [0.4, 0.5) is 0 Å². The van der Waals surface area contributed by atoms with E-state index in [4.69, 9.17) is 9.73 Å². The van der Waals surface area contributed by atoms with Crippen molar-refractivity contribution in [2.45, 2.75) is 46.2 Å². The zero-order valence-corrected chi connectivity index (χ0v) is 19.3.